The van der Waals surface area contributed by atoms with E-state index in [0.717, 1.165) is 82.8 Å². The number of nitrogens with one attached hydrogen (secondary N) is 1. The number of aliphatic imine (C=N–C) groups is 1. The molecule has 0 aromatic carbocycles. The van der Waals surface area contributed by atoms with Crippen molar-refractivity contribution >= 4 is 35.6 Å². The maximum Gasteiger partial charge on any atom is 0.193 e. The Balaban J connectivity index is 0.00000240. The van der Waals surface area contributed by atoms with Crippen molar-refractivity contribution in [1.29, 1.82) is 0 Å². The number of aryl methyl sites for hydroxylation is 1. The van der Waals surface area contributed by atoms with Gasteiger partial charge in [-0.25, -0.2) is 0 Å². The molecule has 0 radical (unpaired) electrons. The Morgan fingerprint density at radius 3 is 2.93 bits per heavy atom. The van der Waals surface area contributed by atoms with Gasteiger partial charge in [0.05, 0.1) is 13.2 Å². The monoisotopic (exact) mass is 513 g/mol. The van der Waals surface area contributed by atoms with Crippen molar-refractivity contribution in [1.82, 2.24) is 29.7 Å². The van der Waals surface area contributed by atoms with Gasteiger partial charge in [-0.05, 0) is 31.9 Å². The molecule has 0 amide bonds. The molecule has 1 atom stereocenters. The second-order valence-corrected chi connectivity index (χ2v) is 7.42. The summed E-state index contributed by atoms with van der Waals surface area (Å²) < 4.78 is 7.55. The number of fused-ring (bicyclic) bond motifs is 1. The van der Waals surface area contributed by atoms with Crippen molar-refractivity contribution in [2.24, 2.45) is 4.99 Å². The van der Waals surface area contributed by atoms with Crippen LogP contribution in [0.4, 0.5) is 0 Å². The fourth-order valence-corrected chi connectivity index (χ4v) is 4.08. The largest absolute Gasteiger partial charge is 0.379 e. The number of guanidine groups is 1. The molecule has 4 heterocycles. The molecule has 1 N–H and O–H groups in total. The number of aromatic nitrogens is 3. The Morgan fingerprint density at radius 1 is 1.24 bits per heavy atom. The molecule has 2 fully saturated rings. The molecular formula is C20H32IN7O. The van der Waals surface area contributed by atoms with E-state index in [2.05, 4.69) is 36.6 Å². The van der Waals surface area contributed by atoms with Crippen LogP contribution in [0.25, 0.3) is 5.65 Å². The van der Waals surface area contributed by atoms with Crippen molar-refractivity contribution in [3.05, 3.63) is 30.2 Å². The summed E-state index contributed by atoms with van der Waals surface area (Å²) in [6.45, 7) is 9.78. The first-order chi connectivity index (χ1) is 13.8. The summed E-state index contributed by atoms with van der Waals surface area (Å²) >= 11 is 0. The van der Waals surface area contributed by atoms with Crippen molar-refractivity contribution in [2.45, 2.75) is 32.2 Å². The second-order valence-electron chi connectivity index (χ2n) is 7.42. The molecule has 0 aliphatic carbocycles. The number of hydrogen-bond donors (Lipinski definition) is 1. The third kappa shape index (κ3) is 5.58. The van der Waals surface area contributed by atoms with Crippen LogP contribution in [-0.2, 0) is 11.2 Å². The predicted octanol–water partition coefficient (Wildman–Crippen LogP) is 1.65. The zero-order valence-electron chi connectivity index (χ0n) is 17.2. The molecule has 29 heavy (non-hydrogen) atoms. The van der Waals surface area contributed by atoms with Gasteiger partial charge in [-0.1, -0.05) is 6.07 Å². The number of halogens is 1. The molecule has 8 nitrogen and oxygen atoms in total. The highest BCUT2D eigenvalue weighted by Gasteiger charge is 2.30. The van der Waals surface area contributed by atoms with Crippen LogP contribution >= 0.6 is 24.0 Å². The van der Waals surface area contributed by atoms with E-state index in [0.29, 0.717) is 6.04 Å². The fraction of sp³-hybridized carbons (Fsp3) is 0.650. The molecule has 2 aliphatic rings. The van der Waals surface area contributed by atoms with Crippen LogP contribution in [0.3, 0.4) is 0 Å². The molecule has 2 aromatic rings. The van der Waals surface area contributed by atoms with Crippen molar-refractivity contribution in [3.8, 4) is 0 Å². The normalized spacial score (nSPS) is 20.8. The highest BCUT2D eigenvalue weighted by molar-refractivity contribution is 14.0. The Bertz CT molecular complexity index is 790. The minimum absolute atomic E-state index is 0. The predicted molar refractivity (Wildman–Crippen MR) is 125 cm³/mol. The zero-order valence-corrected chi connectivity index (χ0v) is 19.5. The molecule has 160 valence electrons. The molecule has 1 unspecified atom stereocenters. The summed E-state index contributed by atoms with van der Waals surface area (Å²) in [5.74, 6) is 2.05. The third-order valence-corrected chi connectivity index (χ3v) is 5.56. The van der Waals surface area contributed by atoms with E-state index in [1.54, 1.807) is 0 Å². The van der Waals surface area contributed by atoms with Gasteiger partial charge in [0.2, 0.25) is 0 Å². The number of nitrogens with zero attached hydrogens (tertiary/aromatic N) is 6. The topological polar surface area (TPSA) is 70.3 Å². The summed E-state index contributed by atoms with van der Waals surface area (Å²) in [7, 11) is 0. The van der Waals surface area contributed by atoms with Crippen LogP contribution in [0.15, 0.2) is 29.4 Å². The first-order valence-electron chi connectivity index (χ1n) is 10.5. The zero-order chi connectivity index (χ0) is 19.2. The van der Waals surface area contributed by atoms with Gasteiger partial charge < -0.3 is 15.0 Å². The molecular weight excluding hydrogens is 481 g/mol. The van der Waals surface area contributed by atoms with Gasteiger partial charge in [0, 0.05) is 57.9 Å². The minimum Gasteiger partial charge on any atom is -0.379 e. The van der Waals surface area contributed by atoms with Crippen LogP contribution in [0, 0.1) is 0 Å². The van der Waals surface area contributed by atoms with Gasteiger partial charge in [-0.2, -0.15) is 0 Å². The van der Waals surface area contributed by atoms with E-state index in [-0.39, 0.29) is 24.0 Å². The van der Waals surface area contributed by atoms with Gasteiger partial charge >= 0.3 is 0 Å². The summed E-state index contributed by atoms with van der Waals surface area (Å²) in [6.07, 6.45) is 5.07. The quantitative estimate of drug-likeness (QED) is 0.274. The Morgan fingerprint density at radius 2 is 2.10 bits per heavy atom. The Labute approximate surface area is 189 Å². The van der Waals surface area contributed by atoms with Gasteiger partial charge in [0.25, 0.3) is 0 Å². The van der Waals surface area contributed by atoms with Crippen LogP contribution in [0.5, 0.6) is 0 Å². The molecule has 2 aliphatic heterocycles. The van der Waals surface area contributed by atoms with Gasteiger partial charge in [0.1, 0.15) is 5.82 Å². The van der Waals surface area contributed by atoms with E-state index in [4.69, 9.17) is 9.73 Å². The number of pyridine rings is 1. The number of morpholine rings is 1. The SMILES string of the molecule is CCNC(=NCCCc1nnc2ccccn12)N1CCC(N2CCOCC2)C1.I. The molecule has 4 rings (SSSR count). The lowest BCUT2D eigenvalue weighted by atomic mass is 10.2. The lowest BCUT2D eigenvalue weighted by molar-refractivity contribution is 0.0195. The van der Waals surface area contributed by atoms with Crippen LogP contribution < -0.4 is 5.32 Å². The number of likely N-dealkylation sites (tertiary alicyclic amines) is 1. The van der Waals surface area contributed by atoms with Crippen molar-refractivity contribution < 1.29 is 4.74 Å². The average Bonchev–Trinajstić information content (AvgIpc) is 3.39. The Hall–Kier alpha value is -1.46. The summed E-state index contributed by atoms with van der Waals surface area (Å²) in [6, 6.07) is 6.60. The smallest absolute Gasteiger partial charge is 0.193 e. The number of ether oxygens (including phenoxy) is 1. The van der Waals surface area contributed by atoms with Gasteiger partial charge in [0.15, 0.2) is 11.6 Å². The minimum atomic E-state index is 0. The van der Waals surface area contributed by atoms with Gasteiger partial charge in [-0.3, -0.25) is 14.3 Å². The number of rotatable bonds is 6. The first kappa shape index (κ1) is 22.2. The van der Waals surface area contributed by atoms with E-state index in [9.17, 15) is 0 Å². The summed E-state index contributed by atoms with van der Waals surface area (Å²) in [5, 5.41) is 12.0. The highest BCUT2D eigenvalue weighted by atomic mass is 127. The van der Waals surface area contributed by atoms with Crippen LogP contribution in [-0.4, -0.2) is 88.9 Å². The van der Waals surface area contributed by atoms with Crippen LogP contribution in [0.2, 0.25) is 0 Å². The molecule has 0 bridgehead atoms. The molecule has 9 heteroatoms. The van der Waals surface area contributed by atoms with Crippen LogP contribution in [0.1, 0.15) is 25.6 Å². The lowest BCUT2D eigenvalue weighted by Gasteiger charge is -2.32. The maximum absolute atomic E-state index is 5.49. The number of hydrogen-bond acceptors (Lipinski definition) is 5. The lowest BCUT2D eigenvalue weighted by Crippen LogP contribution is -2.46. The van der Waals surface area contributed by atoms with Crippen molar-refractivity contribution in [2.75, 3.05) is 52.5 Å². The maximum atomic E-state index is 5.49. The van der Waals surface area contributed by atoms with E-state index >= 15 is 0 Å². The first-order valence-corrected chi connectivity index (χ1v) is 10.5. The van der Waals surface area contributed by atoms with E-state index in [1.807, 2.05) is 24.4 Å². The molecule has 2 aromatic heterocycles. The Kier molecular flexibility index (Phi) is 8.49. The standard InChI is InChI=1S/C20H31N7O.HI/c1-2-21-20(26-11-8-17(16-26)25-12-14-28-15-13-25)22-9-5-7-19-24-23-18-6-3-4-10-27(18)19;/h3-4,6,10,17H,2,5,7-9,11-16H2,1H3,(H,21,22);1H. The molecule has 0 saturated carbocycles. The molecule has 2 saturated heterocycles. The van der Waals surface area contributed by atoms with E-state index < -0.39 is 0 Å². The third-order valence-electron chi connectivity index (χ3n) is 5.56. The fourth-order valence-electron chi connectivity index (χ4n) is 4.08. The highest BCUT2D eigenvalue weighted by Crippen LogP contribution is 2.17. The summed E-state index contributed by atoms with van der Waals surface area (Å²) in [4.78, 5) is 9.87. The van der Waals surface area contributed by atoms with E-state index in [1.165, 1.54) is 6.42 Å². The van der Waals surface area contributed by atoms with Crippen molar-refractivity contribution in [3.63, 3.8) is 0 Å². The summed E-state index contributed by atoms with van der Waals surface area (Å²) in [5.41, 5.74) is 0.903. The second kappa shape index (κ2) is 11.1. The van der Waals surface area contributed by atoms with Gasteiger partial charge in [-0.15, -0.1) is 34.2 Å². The molecule has 0 spiro atoms. The average molecular weight is 513 g/mol.